The molecular weight excluding hydrogens is 272 g/mol. The van der Waals surface area contributed by atoms with Gasteiger partial charge in [-0.25, -0.2) is 4.98 Å². The van der Waals surface area contributed by atoms with Gasteiger partial charge in [0.25, 0.3) is 0 Å². The van der Waals surface area contributed by atoms with Crippen LogP contribution in [0.4, 0.5) is 5.69 Å². The SMILES string of the molecule is CC(C)N(Cc1ccccc1)Cc1cn2cc(N)ccc2n1. The number of pyridine rings is 1. The molecule has 22 heavy (non-hydrogen) atoms. The lowest BCUT2D eigenvalue weighted by molar-refractivity contribution is 0.201. The summed E-state index contributed by atoms with van der Waals surface area (Å²) >= 11 is 0. The molecule has 4 nitrogen and oxygen atoms in total. The third-order valence-corrected chi connectivity index (χ3v) is 3.85. The highest BCUT2D eigenvalue weighted by Gasteiger charge is 2.13. The van der Waals surface area contributed by atoms with Gasteiger partial charge in [-0.05, 0) is 31.5 Å². The Balaban J connectivity index is 1.80. The first-order valence-electron chi connectivity index (χ1n) is 7.63. The van der Waals surface area contributed by atoms with Gasteiger partial charge >= 0.3 is 0 Å². The second-order valence-corrected chi connectivity index (χ2v) is 5.94. The van der Waals surface area contributed by atoms with Crippen LogP contribution in [0.15, 0.2) is 54.9 Å². The molecule has 0 aliphatic rings. The zero-order valence-corrected chi connectivity index (χ0v) is 13.1. The lowest BCUT2D eigenvalue weighted by atomic mass is 10.2. The van der Waals surface area contributed by atoms with Gasteiger partial charge < -0.3 is 10.1 Å². The van der Waals surface area contributed by atoms with Gasteiger partial charge in [0.15, 0.2) is 0 Å². The van der Waals surface area contributed by atoms with Crippen LogP contribution in [0.25, 0.3) is 5.65 Å². The highest BCUT2D eigenvalue weighted by Crippen LogP contribution is 2.14. The number of hydrogen-bond donors (Lipinski definition) is 1. The minimum Gasteiger partial charge on any atom is -0.398 e. The van der Waals surface area contributed by atoms with E-state index in [-0.39, 0.29) is 0 Å². The first-order valence-corrected chi connectivity index (χ1v) is 7.63. The molecule has 2 heterocycles. The normalized spacial score (nSPS) is 11.6. The van der Waals surface area contributed by atoms with Gasteiger partial charge in [-0.3, -0.25) is 4.90 Å². The molecule has 3 aromatic rings. The molecule has 0 amide bonds. The zero-order valence-electron chi connectivity index (χ0n) is 13.1. The molecule has 0 radical (unpaired) electrons. The second kappa shape index (κ2) is 6.20. The molecular formula is C18H22N4. The number of nitrogen functional groups attached to an aromatic ring is 1. The van der Waals surface area contributed by atoms with Gasteiger partial charge in [-0.1, -0.05) is 30.3 Å². The Labute approximate surface area is 131 Å². The van der Waals surface area contributed by atoms with E-state index in [0.29, 0.717) is 6.04 Å². The molecule has 0 aliphatic heterocycles. The van der Waals surface area contributed by atoms with E-state index >= 15 is 0 Å². The van der Waals surface area contributed by atoms with Crippen LogP contribution < -0.4 is 5.73 Å². The van der Waals surface area contributed by atoms with Crippen molar-refractivity contribution in [3.05, 3.63) is 66.1 Å². The lowest BCUT2D eigenvalue weighted by Crippen LogP contribution is -2.29. The maximum atomic E-state index is 5.83. The van der Waals surface area contributed by atoms with E-state index in [1.165, 1.54) is 5.56 Å². The number of imidazole rings is 1. The van der Waals surface area contributed by atoms with Gasteiger partial charge in [0.2, 0.25) is 0 Å². The number of aromatic nitrogens is 2. The maximum absolute atomic E-state index is 5.83. The molecule has 0 unspecified atom stereocenters. The molecule has 0 bridgehead atoms. The molecule has 0 fully saturated rings. The average molecular weight is 294 g/mol. The van der Waals surface area contributed by atoms with Crippen LogP contribution in [0.2, 0.25) is 0 Å². The Bertz CT molecular complexity index is 746. The Morgan fingerprint density at radius 3 is 2.55 bits per heavy atom. The number of nitrogens with zero attached hydrogens (tertiary/aromatic N) is 3. The molecule has 3 rings (SSSR count). The molecule has 114 valence electrons. The van der Waals surface area contributed by atoms with Crippen molar-refractivity contribution in [2.24, 2.45) is 0 Å². The fraction of sp³-hybridized carbons (Fsp3) is 0.278. The summed E-state index contributed by atoms with van der Waals surface area (Å²) in [5.41, 5.74) is 9.90. The number of anilines is 1. The van der Waals surface area contributed by atoms with Crippen LogP contribution in [0.3, 0.4) is 0 Å². The Hall–Kier alpha value is -2.33. The van der Waals surface area contributed by atoms with E-state index in [2.05, 4.69) is 60.3 Å². The quantitative estimate of drug-likeness (QED) is 0.785. The van der Waals surface area contributed by atoms with Gasteiger partial charge in [-0.15, -0.1) is 0 Å². The van der Waals surface area contributed by atoms with Crippen molar-refractivity contribution in [2.45, 2.75) is 33.0 Å². The van der Waals surface area contributed by atoms with Crippen LogP contribution in [0.1, 0.15) is 25.1 Å². The predicted molar refractivity (Wildman–Crippen MR) is 90.4 cm³/mol. The summed E-state index contributed by atoms with van der Waals surface area (Å²) in [4.78, 5) is 7.10. The molecule has 0 atom stereocenters. The summed E-state index contributed by atoms with van der Waals surface area (Å²) in [6.07, 6.45) is 3.97. The molecule has 0 spiro atoms. The summed E-state index contributed by atoms with van der Waals surface area (Å²) in [6.45, 7) is 6.19. The molecule has 2 N–H and O–H groups in total. The molecule has 0 aliphatic carbocycles. The van der Waals surface area contributed by atoms with E-state index in [9.17, 15) is 0 Å². The fourth-order valence-electron chi connectivity index (χ4n) is 2.58. The van der Waals surface area contributed by atoms with E-state index in [1.807, 2.05) is 22.7 Å². The fourth-order valence-corrected chi connectivity index (χ4v) is 2.58. The average Bonchev–Trinajstić information content (AvgIpc) is 2.89. The number of benzene rings is 1. The predicted octanol–water partition coefficient (Wildman–Crippen LogP) is 3.33. The smallest absolute Gasteiger partial charge is 0.137 e. The summed E-state index contributed by atoms with van der Waals surface area (Å²) in [7, 11) is 0. The van der Waals surface area contributed by atoms with Crippen LogP contribution in [-0.2, 0) is 13.1 Å². The molecule has 0 saturated heterocycles. The van der Waals surface area contributed by atoms with Crippen LogP contribution >= 0.6 is 0 Å². The summed E-state index contributed by atoms with van der Waals surface area (Å²) in [6, 6.07) is 14.8. The largest absolute Gasteiger partial charge is 0.398 e. The van der Waals surface area contributed by atoms with Crippen molar-refractivity contribution >= 4 is 11.3 Å². The van der Waals surface area contributed by atoms with Crippen LogP contribution in [0, 0.1) is 0 Å². The van der Waals surface area contributed by atoms with E-state index in [4.69, 9.17) is 5.73 Å². The molecule has 1 aromatic carbocycles. The summed E-state index contributed by atoms with van der Waals surface area (Å²) < 4.78 is 1.99. The van der Waals surface area contributed by atoms with Crippen LogP contribution in [-0.4, -0.2) is 20.3 Å². The number of nitrogens with two attached hydrogens (primary N) is 1. The van der Waals surface area contributed by atoms with Crippen molar-refractivity contribution in [1.29, 1.82) is 0 Å². The van der Waals surface area contributed by atoms with Gasteiger partial charge in [-0.2, -0.15) is 0 Å². The third kappa shape index (κ3) is 3.28. The van der Waals surface area contributed by atoms with Crippen molar-refractivity contribution in [3.8, 4) is 0 Å². The standard InChI is InChI=1S/C18H22N4/c1-14(2)21(10-15-6-4-3-5-7-15)12-17-13-22-11-16(19)8-9-18(22)20-17/h3-9,11,13-14H,10,12,19H2,1-2H3. The molecule has 4 heteroatoms. The maximum Gasteiger partial charge on any atom is 0.137 e. The zero-order chi connectivity index (χ0) is 15.5. The highest BCUT2D eigenvalue weighted by atomic mass is 15.2. The van der Waals surface area contributed by atoms with Crippen molar-refractivity contribution in [2.75, 3.05) is 5.73 Å². The third-order valence-electron chi connectivity index (χ3n) is 3.85. The second-order valence-electron chi connectivity index (χ2n) is 5.94. The Morgan fingerprint density at radius 2 is 1.82 bits per heavy atom. The van der Waals surface area contributed by atoms with E-state index in [0.717, 1.165) is 30.1 Å². The van der Waals surface area contributed by atoms with Crippen molar-refractivity contribution < 1.29 is 0 Å². The van der Waals surface area contributed by atoms with E-state index in [1.54, 1.807) is 0 Å². The minimum atomic E-state index is 0.454. The van der Waals surface area contributed by atoms with Gasteiger partial charge in [0, 0.05) is 37.2 Å². The van der Waals surface area contributed by atoms with Crippen LogP contribution in [0.5, 0.6) is 0 Å². The number of hydrogen-bond acceptors (Lipinski definition) is 3. The number of fused-ring (bicyclic) bond motifs is 1. The van der Waals surface area contributed by atoms with Gasteiger partial charge in [0.05, 0.1) is 5.69 Å². The number of rotatable bonds is 5. The topological polar surface area (TPSA) is 46.6 Å². The van der Waals surface area contributed by atoms with E-state index < -0.39 is 0 Å². The highest BCUT2D eigenvalue weighted by molar-refractivity contribution is 5.48. The Kier molecular flexibility index (Phi) is 4.11. The monoisotopic (exact) mass is 294 g/mol. The summed E-state index contributed by atoms with van der Waals surface area (Å²) in [5, 5.41) is 0. The minimum absolute atomic E-state index is 0.454. The van der Waals surface area contributed by atoms with Gasteiger partial charge in [0.1, 0.15) is 5.65 Å². The molecule has 0 saturated carbocycles. The summed E-state index contributed by atoms with van der Waals surface area (Å²) in [5.74, 6) is 0. The lowest BCUT2D eigenvalue weighted by Gasteiger charge is -2.25. The first-order chi connectivity index (χ1) is 10.6. The molecule has 2 aromatic heterocycles. The van der Waals surface area contributed by atoms with Crippen molar-refractivity contribution in [1.82, 2.24) is 14.3 Å². The Morgan fingerprint density at radius 1 is 1.05 bits per heavy atom. The van der Waals surface area contributed by atoms with Crippen molar-refractivity contribution in [3.63, 3.8) is 0 Å². The first kappa shape index (κ1) is 14.6.